The average Bonchev–Trinajstić information content (AvgIpc) is 3.79. The molecule has 1 amide bonds. The van der Waals surface area contributed by atoms with Gasteiger partial charge in [0.25, 0.3) is 0 Å². The molecular formula is C52H75B4NO18P2. The van der Waals surface area contributed by atoms with Crippen LogP contribution in [0.2, 0.25) is 0 Å². The number of hydrogen-bond donors (Lipinski definition) is 0. The maximum absolute atomic E-state index is 14.3. The van der Waals surface area contributed by atoms with Gasteiger partial charge in [-0.15, -0.1) is 0 Å². The number of carbonyl (C=O) groups is 4. The molecule has 2 aromatic rings. The van der Waals surface area contributed by atoms with Gasteiger partial charge < -0.3 is 9.47 Å². The van der Waals surface area contributed by atoms with Gasteiger partial charge in [-0.05, 0) is 25.0 Å². The number of esters is 3. The molecule has 4 fully saturated rings. The van der Waals surface area contributed by atoms with Crippen LogP contribution in [0.25, 0.3) is 0 Å². The van der Waals surface area contributed by atoms with Gasteiger partial charge in [0.05, 0.1) is 13.7 Å². The molecule has 0 spiro atoms. The molecule has 77 heavy (non-hydrogen) atoms. The van der Waals surface area contributed by atoms with E-state index in [4.69, 9.17) is 56.8 Å². The molecule has 0 aliphatic carbocycles. The first-order valence-electron chi connectivity index (χ1n) is 26.5. The predicted octanol–water partition coefficient (Wildman–Crippen LogP) is 6.32. The predicted molar refractivity (Wildman–Crippen MR) is 288 cm³/mol. The van der Waals surface area contributed by atoms with Crippen molar-refractivity contribution in [3.8, 4) is 0 Å². The van der Waals surface area contributed by atoms with Crippen LogP contribution in [0.1, 0.15) is 99.6 Å². The van der Waals surface area contributed by atoms with Crippen LogP contribution < -0.4 is 0 Å². The van der Waals surface area contributed by atoms with E-state index < -0.39 is 115 Å². The van der Waals surface area contributed by atoms with E-state index in [0.29, 0.717) is 13.5 Å². The minimum atomic E-state index is -2.15. The van der Waals surface area contributed by atoms with Gasteiger partial charge in [-0.2, -0.15) is 0 Å². The van der Waals surface area contributed by atoms with E-state index in [1.165, 1.54) is 32.7 Å². The van der Waals surface area contributed by atoms with Gasteiger partial charge in [-0.25, -0.2) is 9.59 Å². The van der Waals surface area contributed by atoms with Gasteiger partial charge >= 0.3 is 324 Å². The number of benzene rings is 2. The Labute approximate surface area is 459 Å². The second-order valence-electron chi connectivity index (χ2n) is 20.8. The standard InChI is InChI=1S/C52H75B4NO18P2/c1-12-29(3)39-45(76-55-53-62)32(6)41(68-33(7)58)47(71-39)73-43-44(69-34(8)59)48(72-40(30(4)13-2)46(43)77-56-54-63)70-38-31(5)24-52(49(60)64-11,75-42(38)37-27-66-51(9,10)74-37)67-28-57(25-35-20-16-14-17-21-35)50(61)65-26-36-22-18-15-19-23-36/h14-23,29-32,37-48,76-77H,12-13,24-28H2,1-11H3/t29-,30-,31+,32?,37+,38+,39-,40?,41?,42?,43+,44?,45-,46+,47+,48-,52+/m0/s1. The first-order valence-corrected chi connectivity index (χ1v) is 28.8. The summed E-state index contributed by atoms with van der Waals surface area (Å²) in [7, 11) is 2.52. The van der Waals surface area contributed by atoms with Crippen molar-refractivity contribution in [1.82, 2.24) is 4.90 Å². The van der Waals surface area contributed by atoms with Crippen LogP contribution in [0.4, 0.5) is 4.79 Å². The quantitative estimate of drug-likeness (QED) is 0.0349. The van der Waals surface area contributed by atoms with Crippen LogP contribution in [-0.4, -0.2) is 162 Å². The Kier molecular flexibility index (Phi) is 23.9. The van der Waals surface area contributed by atoms with Gasteiger partial charge in [0.2, 0.25) is 0 Å². The molecule has 0 bridgehead atoms. The number of nitrogens with zero attached hydrogens (tertiary/aromatic N) is 1. The SMILES string of the molecule is CC[C@H](C)C1O[C@H](O[C@H]2C([C@H]3COC(C)(C)O3)O[C@@](OCN(Cc3ccccc3)C(=O)OCc3ccccc3)(C(=O)OC)C[C@H]2C)C(OC(C)=O)[C@@H](O[C@H]2O[C@@H]([C@@H](C)CC)[C@@H](P[B]B=O)C(C)C2OC(C)=O)[C@@H]1P[B]B=O. The molecule has 2 radical (unpaired) electrons. The van der Waals surface area contributed by atoms with Crippen LogP contribution in [-0.2, 0) is 93.8 Å². The van der Waals surface area contributed by atoms with Crippen molar-refractivity contribution in [3.63, 3.8) is 0 Å². The van der Waals surface area contributed by atoms with Crippen LogP contribution in [0, 0.1) is 23.7 Å². The molecule has 0 saturated carbocycles. The Morgan fingerprint density at radius 3 is 1.84 bits per heavy atom. The molecule has 4 heterocycles. The summed E-state index contributed by atoms with van der Waals surface area (Å²) in [6.45, 7) is 20.5. The van der Waals surface area contributed by atoms with Crippen molar-refractivity contribution in [2.24, 2.45) is 23.7 Å². The molecular weight excluding hydrogens is 1030 g/mol. The number of methoxy groups -OCH3 is 1. The zero-order valence-electron chi connectivity index (χ0n) is 46.1. The Morgan fingerprint density at radius 2 is 1.30 bits per heavy atom. The summed E-state index contributed by atoms with van der Waals surface area (Å²) in [6.07, 6.45) is -9.73. The molecule has 0 N–H and O–H groups in total. The summed E-state index contributed by atoms with van der Waals surface area (Å²) in [6, 6.07) is 18.5. The van der Waals surface area contributed by atoms with Crippen LogP contribution in [0.3, 0.4) is 0 Å². The molecule has 7 unspecified atom stereocenters. The van der Waals surface area contributed by atoms with E-state index in [2.05, 4.69) is 0 Å². The fraction of sp³-hybridized carbons (Fsp3) is 0.692. The van der Waals surface area contributed by atoms with E-state index in [1.807, 2.05) is 102 Å². The summed E-state index contributed by atoms with van der Waals surface area (Å²) in [5, 5.41) is 0. The van der Waals surface area contributed by atoms with Gasteiger partial charge in [0.1, 0.15) is 13.3 Å². The third-order valence-electron chi connectivity index (χ3n) is 14.7. The van der Waals surface area contributed by atoms with Gasteiger partial charge in [-0.3, -0.25) is 4.90 Å². The molecule has 4 aliphatic heterocycles. The third kappa shape index (κ3) is 16.3. The van der Waals surface area contributed by atoms with Gasteiger partial charge in [0, 0.05) is 0 Å². The summed E-state index contributed by atoms with van der Waals surface area (Å²) >= 11 is 0. The molecule has 4 saturated heterocycles. The summed E-state index contributed by atoms with van der Waals surface area (Å²) in [4.78, 5) is 55.9. The fourth-order valence-electron chi connectivity index (χ4n) is 10.4. The number of ether oxygens (including phenoxy) is 12. The van der Waals surface area contributed by atoms with Crippen molar-refractivity contribution in [1.29, 1.82) is 0 Å². The number of carbonyl (C=O) groups excluding carboxylic acids is 4. The Bertz CT molecular complexity index is 2250. The normalized spacial score (nSPS) is 32.8. The Hall–Kier alpha value is -3.48. The molecule has 25 heteroatoms. The number of rotatable bonds is 25. The van der Waals surface area contributed by atoms with Crippen molar-refractivity contribution >= 4 is 68.8 Å². The molecule has 4 aliphatic rings. The van der Waals surface area contributed by atoms with Crippen molar-refractivity contribution in [3.05, 3.63) is 71.8 Å². The minimum absolute atomic E-state index is 0.00341. The zero-order chi connectivity index (χ0) is 56.0. The van der Waals surface area contributed by atoms with E-state index in [1.54, 1.807) is 20.7 Å². The number of hydrogen-bond acceptors (Lipinski definition) is 18. The summed E-state index contributed by atoms with van der Waals surface area (Å²) < 4.78 is 101. The second kappa shape index (κ2) is 29.3. The average molecular weight is 1110 g/mol. The summed E-state index contributed by atoms with van der Waals surface area (Å²) in [5.74, 6) is -6.62. The van der Waals surface area contributed by atoms with Gasteiger partial charge in [-0.1, -0.05) is 60.7 Å². The molecule has 0 aromatic heterocycles. The monoisotopic (exact) mass is 1110 g/mol. The first-order chi connectivity index (χ1) is 36.8. The van der Waals surface area contributed by atoms with Crippen molar-refractivity contribution in [2.75, 3.05) is 20.4 Å². The van der Waals surface area contributed by atoms with Gasteiger partial charge in [0.15, 0.2) is 0 Å². The number of amides is 1. The van der Waals surface area contributed by atoms with E-state index >= 15 is 0 Å². The third-order valence-corrected chi connectivity index (χ3v) is 17.7. The molecule has 418 valence electrons. The van der Waals surface area contributed by atoms with E-state index in [-0.39, 0.29) is 66.5 Å². The molecule has 19 atom stereocenters. The molecule has 2 aromatic carbocycles. The van der Waals surface area contributed by atoms with Crippen molar-refractivity contribution < 1.29 is 85.4 Å². The van der Waals surface area contributed by atoms with Crippen LogP contribution in [0.15, 0.2) is 60.7 Å². The van der Waals surface area contributed by atoms with E-state index in [9.17, 15) is 28.6 Å². The summed E-state index contributed by atoms with van der Waals surface area (Å²) in [5.41, 5.74) is 0.707. The first kappa shape index (κ1) is 62.7. The van der Waals surface area contributed by atoms with Crippen LogP contribution >= 0.6 is 16.9 Å². The second-order valence-corrected chi connectivity index (χ2v) is 23.4. The topological polar surface area (TPSA) is 216 Å². The van der Waals surface area contributed by atoms with Crippen molar-refractivity contribution in [2.45, 2.75) is 186 Å². The molecule has 19 nitrogen and oxygen atoms in total. The van der Waals surface area contributed by atoms with Crippen LogP contribution in [0.5, 0.6) is 0 Å². The zero-order valence-corrected chi connectivity index (χ0v) is 48.1. The van der Waals surface area contributed by atoms with E-state index in [0.717, 1.165) is 24.6 Å². The fourth-order valence-corrected chi connectivity index (χ4v) is 13.2. The molecule has 6 rings (SSSR count). The Morgan fingerprint density at radius 1 is 0.753 bits per heavy atom. The Balaban J connectivity index is 1.39. The maximum atomic E-state index is 14.3.